The Kier molecular flexibility index (Phi) is 6.64. The van der Waals surface area contributed by atoms with E-state index in [9.17, 15) is 4.79 Å². The van der Waals surface area contributed by atoms with Crippen LogP contribution >= 0.6 is 34.7 Å². The summed E-state index contributed by atoms with van der Waals surface area (Å²) in [6.07, 6.45) is 0.704. The fourth-order valence-corrected chi connectivity index (χ4v) is 4.76. The van der Waals surface area contributed by atoms with Crippen LogP contribution in [0.1, 0.15) is 24.8 Å². The molecule has 10 heteroatoms. The van der Waals surface area contributed by atoms with Crippen LogP contribution in [-0.4, -0.2) is 33.4 Å². The Hall–Kier alpha value is -2.75. The number of hydrogen-bond donors (Lipinski definition) is 2. The highest BCUT2D eigenvalue weighted by molar-refractivity contribution is 8.01. The number of amides is 1. The number of nitrogens with one attached hydrogen (secondary N) is 1. The molecule has 4 rings (SSSR count). The van der Waals surface area contributed by atoms with Crippen molar-refractivity contribution in [2.75, 3.05) is 11.5 Å². The lowest BCUT2D eigenvalue weighted by Gasteiger charge is -2.20. The average Bonchev–Trinajstić information content (AvgIpc) is 3.11. The van der Waals surface area contributed by atoms with Gasteiger partial charge in [-0.2, -0.15) is 0 Å². The number of aromatic nitrogens is 2. The van der Waals surface area contributed by atoms with Crippen LogP contribution in [0.3, 0.4) is 0 Å². The molecule has 31 heavy (non-hydrogen) atoms. The predicted octanol–water partition coefficient (Wildman–Crippen LogP) is 4.99. The van der Waals surface area contributed by atoms with Crippen molar-refractivity contribution in [1.82, 2.24) is 15.5 Å². The minimum Gasteiger partial charge on any atom is -0.374 e. The van der Waals surface area contributed by atoms with E-state index in [0.29, 0.717) is 32.4 Å². The molecule has 3 N–H and O–H groups in total. The maximum atomic E-state index is 12.8. The van der Waals surface area contributed by atoms with Crippen LogP contribution in [0.4, 0.5) is 16.5 Å². The largest absolute Gasteiger partial charge is 0.374 e. The molecule has 1 aliphatic heterocycles. The molecule has 2 heterocycles. The van der Waals surface area contributed by atoms with E-state index >= 15 is 0 Å². The molecule has 7 nitrogen and oxygen atoms in total. The molecule has 0 fully saturated rings. The topological polar surface area (TPSA) is 106 Å². The van der Waals surface area contributed by atoms with Crippen molar-refractivity contribution >= 4 is 68.7 Å². The summed E-state index contributed by atoms with van der Waals surface area (Å²) < 4.78 is 0.644. The zero-order valence-electron chi connectivity index (χ0n) is 16.6. The van der Waals surface area contributed by atoms with E-state index in [1.165, 1.54) is 23.1 Å². The number of aliphatic imine (C=N–C) groups is 2. The monoisotopic (exact) mass is 470 g/mol. The van der Waals surface area contributed by atoms with Crippen LogP contribution in [0.5, 0.6) is 0 Å². The number of benzene rings is 2. The van der Waals surface area contributed by atoms with Crippen molar-refractivity contribution in [3.05, 3.63) is 59.1 Å². The molecule has 2 aromatic carbocycles. The van der Waals surface area contributed by atoms with E-state index < -0.39 is 0 Å². The van der Waals surface area contributed by atoms with Gasteiger partial charge in [-0.25, -0.2) is 4.99 Å². The molecular weight excluding hydrogens is 452 g/mol. The first-order chi connectivity index (χ1) is 15.0. The first-order valence-corrected chi connectivity index (χ1v) is 11.7. The normalized spacial score (nSPS) is 15.5. The summed E-state index contributed by atoms with van der Waals surface area (Å²) in [5, 5.41) is 11.7. The van der Waals surface area contributed by atoms with E-state index in [0.717, 1.165) is 17.0 Å². The number of nitrogens with zero attached hydrogens (tertiary/aromatic N) is 4. The Morgan fingerprint density at radius 2 is 1.84 bits per heavy atom. The molecule has 1 aliphatic rings. The highest BCUT2D eigenvalue weighted by Gasteiger charge is 2.28. The van der Waals surface area contributed by atoms with Crippen molar-refractivity contribution in [1.29, 1.82) is 0 Å². The van der Waals surface area contributed by atoms with Gasteiger partial charge in [-0.05, 0) is 36.2 Å². The summed E-state index contributed by atoms with van der Waals surface area (Å²) in [6.45, 7) is 2.05. The molecule has 0 bridgehead atoms. The van der Waals surface area contributed by atoms with Gasteiger partial charge in [0.25, 0.3) is 0 Å². The number of thioether (sulfide) groups is 1. The number of halogens is 1. The molecule has 0 aliphatic carbocycles. The maximum Gasteiger partial charge on any atom is 0.235 e. The molecule has 0 radical (unpaired) electrons. The van der Waals surface area contributed by atoms with Gasteiger partial charge in [0, 0.05) is 10.7 Å². The van der Waals surface area contributed by atoms with Crippen molar-refractivity contribution in [3.63, 3.8) is 0 Å². The minimum atomic E-state index is -0.291. The van der Waals surface area contributed by atoms with E-state index in [2.05, 4.69) is 15.5 Å². The molecule has 0 spiro atoms. The zero-order chi connectivity index (χ0) is 21.8. The Bertz CT molecular complexity index is 1160. The Morgan fingerprint density at radius 3 is 2.48 bits per heavy atom. The third-order valence-corrected chi connectivity index (χ3v) is 6.71. The summed E-state index contributed by atoms with van der Waals surface area (Å²) in [6, 6.07) is 15.2. The molecule has 1 aromatic heterocycles. The molecule has 3 aromatic rings. The summed E-state index contributed by atoms with van der Waals surface area (Å²) in [4.78, 5) is 22.5. The first-order valence-electron chi connectivity index (χ1n) is 9.55. The van der Waals surface area contributed by atoms with Gasteiger partial charge in [0.2, 0.25) is 11.0 Å². The van der Waals surface area contributed by atoms with Gasteiger partial charge in [-0.15, -0.1) is 10.2 Å². The van der Waals surface area contributed by atoms with E-state index in [1.54, 1.807) is 0 Å². The fraction of sp³-hybridized carbons (Fsp3) is 0.190. The second-order valence-electron chi connectivity index (χ2n) is 6.67. The number of carbonyl (C=O) groups is 1. The van der Waals surface area contributed by atoms with Gasteiger partial charge in [-0.1, -0.05) is 65.9 Å². The molecule has 1 atom stereocenters. The molecular formula is C21H19ClN6OS2. The number of nitrogen functional groups attached to an aromatic ring is 1. The summed E-state index contributed by atoms with van der Waals surface area (Å²) >= 11 is 8.63. The summed E-state index contributed by atoms with van der Waals surface area (Å²) in [5.74, 6) is 0.226. The number of carbonyl (C=O) groups excluding carboxylic acids is 1. The van der Waals surface area contributed by atoms with Crippen molar-refractivity contribution in [3.8, 4) is 0 Å². The van der Waals surface area contributed by atoms with Crippen LogP contribution in [0, 0.1) is 0 Å². The average molecular weight is 471 g/mol. The number of nitrogens with two attached hydrogens (primary N) is 1. The molecule has 0 unspecified atom stereocenters. The number of fused-ring (bicyclic) bond motifs is 1. The third kappa shape index (κ3) is 5.12. The van der Waals surface area contributed by atoms with E-state index in [4.69, 9.17) is 27.3 Å². The lowest BCUT2D eigenvalue weighted by Crippen LogP contribution is -2.38. The van der Waals surface area contributed by atoms with Crippen molar-refractivity contribution in [2.45, 2.75) is 23.6 Å². The van der Waals surface area contributed by atoms with Gasteiger partial charge >= 0.3 is 0 Å². The molecule has 0 saturated carbocycles. The van der Waals surface area contributed by atoms with Gasteiger partial charge < -0.3 is 11.1 Å². The van der Waals surface area contributed by atoms with Gasteiger partial charge in [0.05, 0.1) is 23.0 Å². The number of amidine groups is 1. The SMILES string of the molecule is CCC1=Nc2ccccc2N=C(NC(=O)CSc2nnc(N)s2)[C@@H]1c1ccc(Cl)cc1. The highest BCUT2D eigenvalue weighted by atomic mass is 35.5. The predicted molar refractivity (Wildman–Crippen MR) is 128 cm³/mol. The highest BCUT2D eigenvalue weighted by Crippen LogP contribution is 2.35. The van der Waals surface area contributed by atoms with Crippen LogP contribution in [0.25, 0.3) is 0 Å². The zero-order valence-corrected chi connectivity index (χ0v) is 19.0. The second-order valence-corrected chi connectivity index (χ2v) is 9.34. The molecule has 0 saturated heterocycles. The van der Waals surface area contributed by atoms with Crippen molar-refractivity contribution < 1.29 is 4.79 Å². The smallest absolute Gasteiger partial charge is 0.235 e. The molecule has 1 amide bonds. The number of para-hydroxylation sites is 2. The van der Waals surface area contributed by atoms with E-state index in [1.807, 2.05) is 55.5 Å². The fourth-order valence-electron chi connectivity index (χ4n) is 3.20. The summed E-state index contributed by atoms with van der Waals surface area (Å²) in [7, 11) is 0. The quantitative estimate of drug-likeness (QED) is 0.511. The first kappa shape index (κ1) is 21.5. The van der Waals surface area contributed by atoms with Crippen LogP contribution in [0.15, 0.2) is 62.9 Å². The molecule has 158 valence electrons. The number of anilines is 1. The lowest BCUT2D eigenvalue weighted by atomic mass is 9.91. The standard InChI is InChI=1S/C21H19ClN6OS2/c1-2-14-18(12-7-9-13(22)10-8-12)19(25-16-6-4-3-5-15(16)24-14)26-17(29)11-30-21-28-27-20(23)31-21/h3-10,18H,2,11H2,1H3,(H2,23,27)(H,25,26,29)/t18-/m1/s1. The van der Waals surface area contributed by atoms with E-state index in [-0.39, 0.29) is 17.6 Å². The van der Waals surface area contributed by atoms with Crippen LogP contribution < -0.4 is 11.1 Å². The van der Waals surface area contributed by atoms with Gasteiger partial charge in [-0.3, -0.25) is 9.79 Å². The Morgan fingerprint density at radius 1 is 1.13 bits per heavy atom. The minimum absolute atomic E-state index is 0.168. The van der Waals surface area contributed by atoms with Crippen LogP contribution in [0.2, 0.25) is 5.02 Å². The second kappa shape index (κ2) is 9.59. The lowest BCUT2D eigenvalue weighted by molar-refractivity contribution is -0.117. The van der Waals surface area contributed by atoms with Crippen LogP contribution in [-0.2, 0) is 4.79 Å². The maximum absolute atomic E-state index is 12.8. The Balaban J connectivity index is 1.66. The Labute approximate surface area is 192 Å². The van der Waals surface area contributed by atoms with Gasteiger partial charge in [0.1, 0.15) is 5.84 Å². The third-order valence-electron chi connectivity index (χ3n) is 4.58. The number of hydrogen-bond acceptors (Lipinski definition) is 8. The summed E-state index contributed by atoms with van der Waals surface area (Å²) in [5.41, 5.74) is 8.97. The van der Waals surface area contributed by atoms with Gasteiger partial charge in [0.15, 0.2) is 4.34 Å². The number of rotatable bonds is 5. The van der Waals surface area contributed by atoms with Crippen molar-refractivity contribution in [2.24, 2.45) is 9.98 Å².